The molecule has 1 heterocycles. The van der Waals surface area contributed by atoms with Gasteiger partial charge >= 0.3 is 0 Å². The predicted molar refractivity (Wildman–Crippen MR) is 124 cm³/mol. The second-order valence-corrected chi connectivity index (χ2v) is 11.7. The van der Waals surface area contributed by atoms with Crippen molar-refractivity contribution in [2.24, 2.45) is 0 Å². The zero-order valence-corrected chi connectivity index (χ0v) is 19.7. The molecule has 0 saturated carbocycles. The second kappa shape index (κ2) is 10.7. The second-order valence-electron chi connectivity index (χ2n) is 6.52. The summed E-state index contributed by atoms with van der Waals surface area (Å²) >= 11 is 1.55. The summed E-state index contributed by atoms with van der Waals surface area (Å²) in [7, 11) is -7.24. The van der Waals surface area contributed by atoms with Crippen LogP contribution >= 0.6 is 11.8 Å². The highest BCUT2D eigenvalue weighted by Crippen LogP contribution is 2.30. The predicted octanol–water partition coefficient (Wildman–Crippen LogP) is 2.79. The van der Waals surface area contributed by atoms with Gasteiger partial charge in [-0.1, -0.05) is 41.6 Å². The lowest BCUT2D eigenvalue weighted by atomic mass is 10.4. The largest absolute Gasteiger partial charge is 0.373 e. The summed E-state index contributed by atoms with van der Waals surface area (Å²) in [6.45, 7) is 0.330. The highest BCUT2D eigenvalue weighted by molar-refractivity contribution is 8.14. The van der Waals surface area contributed by atoms with Crippen LogP contribution in [0.15, 0.2) is 97.4 Å². The molecular formula is C21H23N3O5S3. The van der Waals surface area contributed by atoms with Crippen LogP contribution in [0.2, 0.25) is 0 Å². The minimum Gasteiger partial charge on any atom is -0.373 e. The maximum Gasteiger partial charge on any atom is 0.221 e. The van der Waals surface area contributed by atoms with Crippen molar-refractivity contribution in [3.63, 3.8) is 0 Å². The summed E-state index contributed by atoms with van der Waals surface area (Å²) < 4.78 is 57.9. The molecule has 0 unspecified atom stereocenters. The third-order valence-electron chi connectivity index (χ3n) is 4.34. The fourth-order valence-electron chi connectivity index (χ4n) is 2.83. The maximum absolute atomic E-state index is 13.5. The SMILES string of the molecule is CNC(NCCSCc1ccon1)=C(S(=O)(=O)c1ccccc1)S(=O)(=O)c1ccccc1. The summed E-state index contributed by atoms with van der Waals surface area (Å²) in [5.41, 5.74) is 0.790. The number of hydrogen-bond acceptors (Lipinski definition) is 9. The summed E-state index contributed by atoms with van der Waals surface area (Å²) in [6.07, 6.45) is 1.49. The first-order valence-electron chi connectivity index (χ1n) is 9.60. The number of benzene rings is 2. The molecule has 0 atom stereocenters. The molecule has 8 nitrogen and oxygen atoms in total. The van der Waals surface area contributed by atoms with Crippen LogP contribution in [-0.2, 0) is 25.4 Å². The Hall–Kier alpha value is -2.76. The average molecular weight is 494 g/mol. The Labute approximate surface area is 191 Å². The van der Waals surface area contributed by atoms with Crippen molar-refractivity contribution in [3.05, 3.63) is 88.7 Å². The molecule has 3 aromatic rings. The van der Waals surface area contributed by atoms with E-state index in [1.54, 1.807) is 54.2 Å². The quantitative estimate of drug-likeness (QED) is 0.389. The normalized spacial score (nSPS) is 11.7. The number of sulfone groups is 2. The smallest absolute Gasteiger partial charge is 0.221 e. The van der Waals surface area contributed by atoms with Crippen molar-refractivity contribution in [2.75, 3.05) is 19.3 Å². The van der Waals surface area contributed by atoms with Crippen molar-refractivity contribution < 1.29 is 21.4 Å². The molecule has 2 N–H and O–H groups in total. The lowest BCUT2D eigenvalue weighted by molar-refractivity contribution is 0.414. The van der Waals surface area contributed by atoms with E-state index in [0.29, 0.717) is 18.1 Å². The van der Waals surface area contributed by atoms with Gasteiger partial charge in [-0.05, 0) is 24.3 Å². The van der Waals surface area contributed by atoms with Crippen molar-refractivity contribution in [1.82, 2.24) is 15.8 Å². The number of aromatic nitrogens is 1. The van der Waals surface area contributed by atoms with Gasteiger partial charge in [-0.3, -0.25) is 0 Å². The number of thioether (sulfide) groups is 1. The Morgan fingerprint density at radius 3 is 1.94 bits per heavy atom. The molecule has 11 heteroatoms. The lowest BCUT2D eigenvalue weighted by Gasteiger charge is -2.18. The number of hydrogen-bond donors (Lipinski definition) is 2. The molecule has 3 rings (SSSR count). The van der Waals surface area contributed by atoms with Crippen LogP contribution in [0.4, 0.5) is 0 Å². The summed E-state index contributed by atoms with van der Waals surface area (Å²) in [4.78, 5) is -0.214. The van der Waals surface area contributed by atoms with Gasteiger partial charge in [-0.2, -0.15) is 11.8 Å². The maximum atomic E-state index is 13.5. The zero-order valence-electron chi connectivity index (χ0n) is 17.3. The third-order valence-corrected chi connectivity index (χ3v) is 9.82. The van der Waals surface area contributed by atoms with Crippen molar-refractivity contribution >= 4 is 31.4 Å². The van der Waals surface area contributed by atoms with E-state index in [0.717, 1.165) is 5.69 Å². The van der Waals surface area contributed by atoms with Gasteiger partial charge < -0.3 is 15.2 Å². The molecule has 0 spiro atoms. The Kier molecular flexibility index (Phi) is 7.99. The van der Waals surface area contributed by atoms with E-state index < -0.39 is 23.9 Å². The molecule has 0 aliphatic rings. The monoisotopic (exact) mass is 493 g/mol. The van der Waals surface area contributed by atoms with Crippen LogP contribution in [-0.4, -0.2) is 41.3 Å². The van der Waals surface area contributed by atoms with Gasteiger partial charge in [-0.15, -0.1) is 0 Å². The minimum atomic E-state index is -4.36. The highest BCUT2D eigenvalue weighted by Gasteiger charge is 2.37. The molecule has 32 heavy (non-hydrogen) atoms. The first-order chi connectivity index (χ1) is 15.4. The molecule has 0 bridgehead atoms. The summed E-state index contributed by atoms with van der Waals surface area (Å²) in [5, 5.41) is 9.51. The average Bonchev–Trinajstić information content (AvgIpc) is 3.32. The van der Waals surface area contributed by atoms with Gasteiger partial charge in [0, 0.05) is 31.2 Å². The molecule has 0 radical (unpaired) electrons. The van der Waals surface area contributed by atoms with E-state index in [1.807, 2.05) is 0 Å². The van der Waals surface area contributed by atoms with Crippen LogP contribution in [0.25, 0.3) is 0 Å². The molecule has 0 aliphatic carbocycles. The van der Waals surface area contributed by atoms with E-state index in [9.17, 15) is 16.8 Å². The molecule has 0 fully saturated rings. The molecule has 1 aromatic heterocycles. The fraction of sp³-hybridized carbons (Fsp3) is 0.190. The van der Waals surface area contributed by atoms with E-state index in [2.05, 4.69) is 15.8 Å². The Morgan fingerprint density at radius 2 is 1.47 bits per heavy atom. The zero-order chi connectivity index (χ0) is 23.0. The third kappa shape index (κ3) is 5.53. The number of nitrogens with zero attached hydrogens (tertiary/aromatic N) is 1. The topological polar surface area (TPSA) is 118 Å². The number of nitrogens with one attached hydrogen (secondary N) is 2. The molecule has 0 aliphatic heterocycles. The lowest BCUT2D eigenvalue weighted by Crippen LogP contribution is -2.32. The summed E-state index contributed by atoms with van der Waals surface area (Å²) in [5.74, 6) is 1.12. The highest BCUT2D eigenvalue weighted by atomic mass is 32.3. The van der Waals surface area contributed by atoms with Gasteiger partial charge in [0.15, 0.2) is 0 Å². The first kappa shape index (κ1) is 23.9. The Bertz CT molecular complexity index is 1170. The van der Waals surface area contributed by atoms with E-state index in [4.69, 9.17) is 4.52 Å². The fourth-order valence-corrected chi connectivity index (χ4v) is 7.65. The Morgan fingerprint density at radius 1 is 0.906 bits per heavy atom. The molecule has 0 amide bonds. The van der Waals surface area contributed by atoms with Crippen molar-refractivity contribution in [1.29, 1.82) is 0 Å². The molecule has 170 valence electrons. The number of rotatable bonds is 11. The van der Waals surface area contributed by atoms with E-state index in [-0.39, 0.29) is 15.6 Å². The van der Waals surface area contributed by atoms with Crippen LogP contribution in [0, 0.1) is 0 Å². The Balaban J connectivity index is 1.95. The van der Waals surface area contributed by atoms with Crippen molar-refractivity contribution in [2.45, 2.75) is 15.5 Å². The van der Waals surface area contributed by atoms with Crippen LogP contribution in [0.3, 0.4) is 0 Å². The van der Waals surface area contributed by atoms with Gasteiger partial charge in [0.25, 0.3) is 0 Å². The minimum absolute atomic E-state index is 0.0836. The van der Waals surface area contributed by atoms with Gasteiger partial charge in [0.05, 0.1) is 15.5 Å². The molecule has 0 saturated heterocycles. The van der Waals surface area contributed by atoms with Crippen LogP contribution < -0.4 is 10.6 Å². The van der Waals surface area contributed by atoms with Gasteiger partial charge in [0.2, 0.25) is 23.9 Å². The molecule has 2 aromatic carbocycles. The van der Waals surface area contributed by atoms with Gasteiger partial charge in [-0.25, -0.2) is 16.8 Å². The van der Waals surface area contributed by atoms with Crippen molar-refractivity contribution in [3.8, 4) is 0 Å². The van der Waals surface area contributed by atoms with Crippen LogP contribution in [0.1, 0.15) is 5.69 Å². The van der Waals surface area contributed by atoms with Gasteiger partial charge in [0.1, 0.15) is 12.1 Å². The summed E-state index contributed by atoms with van der Waals surface area (Å²) in [6, 6.07) is 16.8. The van der Waals surface area contributed by atoms with Crippen LogP contribution in [0.5, 0.6) is 0 Å². The van der Waals surface area contributed by atoms with E-state index >= 15 is 0 Å². The first-order valence-corrected chi connectivity index (χ1v) is 13.7. The van der Waals surface area contributed by atoms with E-state index in [1.165, 1.54) is 37.6 Å². The standard InChI is InChI=1S/C21H23N3O5S3/c1-22-20(23-13-15-30-16-17-12-14-29-24-17)21(31(25,26)18-8-4-2-5-9-18)32(27,28)19-10-6-3-7-11-19/h2-12,14,22-23H,13,15-16H2,1H3. The molecular weight excluding hydrogens is 470 g/mol.